The first-order chi connectivity index (χ1) is 11.0. The molecule has 0 spiro atoms. The summed E-state index contributed by atoms with van der Waals surface area (Å²) in [6.45, 7) is 1.56. The van der Waals surface area contributed by atoms with Crippen molar-refractivity contribution in [1.29, 1.82) is 0 Å². The number of alkyl halides is 2. The third-order valence-corrected chi connectivity index (χ3v) is 4.37. The quantitative estimate of drug-likeness (QED) is 0.918. The number of hydrogen-bond acceptors (Lipinski definition) is 3. The van der Waals surface area contributed by atoms with Gasteiger partial charge in [-0.3, -0.25) is 4.90 Å². The van der Waals surface area contributed by atoms with Crippen LogP contribution in [0.3, 0.4) is 0 Å². The monoisotopic (exact) mass is 322 g/mol. The van der Waals surface area contributed by atoms with E-state index in [1.54, 1.807) is 12.1 Å². The molecule has 0 fully saturated rings. The van der Waals surface area contributed by atoms with Gasteiger partial charge in [0, 0.05) is 37.6 Å². The molecule has 0 bridgehead atoms. The van der Waals surface area contributed by atoms with Crippen molar-refractivity contribution >= 4 is 0 Å². The number of ether oxygens (including phenoxy) is 1. The summed E-state index contributed by atoms with van der Waals surface area (Å²) < 4.78 is 30.8. The average molecular weight is 322 g/mol. The maximum atomic E-state index is 12.1. The molecule has 6 heteroatoms. The molecule has 1 aliphatic heterocycles. The Labute approximate surface area is 133 Å². The molecule has 1 aliphatic rings. The summed E-state index contributed by atoms with van der Waals surface area (Å²) in [4.78, 5) is 2.23. The highest BCUT2D eigenvalue weighted by atomic mass is 19.3. The predicted octanol–water partition coefficient (Wildman–Crippen LogP) is 3.20. The van der Waals surface area contributed by atoms with Crippen molar-refractivity contribution < 1.29 is 18.6 Å². The van der Waals surface area contributed by atoms with Crippen LogP contribution in [0.1, 0.15) is 30.3 Å². The van der Waals surface area contributed by atoms with Gasteiger partial charge in [0.05, 0.1) is 6.10 Å². The third-order valence-electron chi connectivity index (χ3n) is 4.37. The number of fused-ring (bicyclic) bond motifs is 1. The lowest BCUT2D eigenvalue weighted by atomic mass is 10.1. The van der Waals surface area contributed by atoms with Gasteiger partial charge >= 0.3 is 6.61 Å². The molecule has 0 aliphatic carbocycles. The van der Waals surface area contributed by atoms with Crippen molar-refractivity contribution in [2.75, 3.05) is 13.1 Å². The summed E-state index contributed by atoms with van der Waals surface area (Å²) in [5.41, 5.74) is 1.93. The molecule has 0 amide bonds. The van der Waals surface area contributed by atoms with Crippen molar-refractivity contribution in [2.24, 2.45) is 0 Å². The molecule has 0 saturated carbocycles. The van der Waals surface area contributed by atoms with Gasteiger partial charge in [-0.2, -0.15) is 8.78 Å². The second-order valence-electron chi connectivity index (χ2n) is 5.76. The fourth-order valence-corrected chi connectivity index (χ4v) is 3.08. The minimum absolute atomic E-state index is 0.0973. The molecule has 0 radical (unpaired) electrons. The van der Waals surface area contributed by atoms with E-state index in [0.717, 1.165) is 13.1 Å². The Balaban J connectivity index is 1.64. The van der Waals surface area contributed by atoms with Gasteiger partial charge in [0.25, 0.3) is 0 Å². The van der Waals surface area contributed by atoms with Crippen LogP contribution in [0.5, 0.6) is 5.75 Å². The first-order valence-electron chi connectivity index (χ1n) is 7.66. The smallest absolute Gasteiger partial charge is 0.387 e. The number of hydrogen-bond donors (Lipinski definition) is 1. The second kappa shape index (κ2) is 6.68. The van der Waals surface area contributed by atoms with Crippen molar-refractivity contribution in [3.05, 3.63) is 53.9 Å². The van der Waals surface area contributed by atoms with Gasteiger partial charge < -0.3 is 14.4 Å². The number of aliphatic hydroxyl groups is 1. The Morgan fingerprint density at radius 2 is 1.96 bits per heavy atom. The molecule has 1 aromatic heterocycles. The van der Waals surface area contributed by atoms with Gasteiger partial charge in [-0.25, -0.2) is 0 Å². The SMILES string of the molecule is C[C@@H]1c2cccn2CCN1C[C@@H](O)c1ccc(OC(F)F)cc1. The summed E-state index contributed by atoms with van der Waals surface area (Å²) in [7, 11) is 0. The highest BCUT2D eigenvalue weighted by molar-refractivity contribution is 5.28. The van der Waals surface area contributed by atoms with Crippen LogP contribution in [0.4, 0.5) is 8.78 Å². The molecule has 0 saturated heterocycles. The summed E-state index contributed by atoms with van der Waals surface area (Å²) in [5, 5.41) is 10.4. The minimum atomic E-state index is -2.84. The lowest BCUT2D eigenvalue weighted by Crippen LogP contribution is -2.38. The van der Waals surface area contributed by atoms with E-state index in [2.05, 4.69) is 33.4 Å². The zero-order valence-corrected chi connectivity index (χ0v) is 12.9. The molecule has 2 atom stereocenters. The summed E-state index contributed by atoms with van der Waals surface area (Å²) in [5.74, 6) is 0.0973. The number of rotatable bonds is 5. The zero-order valence-electron chi connectivity index (χ0n) is 12.9. The molecular formula is C17H20F2N2O2. The summed E-state index contributed by atoms with van der Waals surface area (Å²) in [6.07, 6.45) is 1.40. The van der Waals surface area contributed by atoms with E-state index in [0.29, 0.717) is 12.1 Å². The van der Waals surface area contributed by atoms with E-state index < -0.39 is 12.7 Å². The fraction of sp³-hybridized carbons (Fsp3) is 0.412. The Morgan fingerprint density at radius 3 is 2.65 bits per heavy atom. The second-order valence-corrected chi connectivity index (χ2v) is 5.76. The molecule has 1 N–H and O–H groups in total. The normalized spacial score (nSPS) is 19.6. The van der Waals surface area contributed by atoms with Crippen LogP contribution in [-0.4, -0.2) is 34.3 Å². The summed E-state index contributed by atoms with van der Waals surface area (Å²) >= 11 is 0. The van der Waals surface area contributed by atoms with E-state index in [4.69, 9.17) is 0 Å². The highest BCUT2D eigenvalue weighted by Gasteiger charge is 2.25. The Bertz CT molecular complexity index is 642. The van der Waals surface area contributed by atoms with Crippen LogP contribution >= 0.6 is 0 Å². The number of aromatic nitrogens is 1. The zero-order chi connectivity index (χ0) is 16.4. The van der Waals surface area contributed by atoms with Gasteiger partial charge in [-0.15, -0.1) is 0 Å². The Morgan fingerprint density at radius 1 is 1.22 bits per heavy atom. The Kier molecular flexibility index (Phi) is 4.63. The molecular weight excluding hydrogens is 302 g/mol. The predicted molar refractivity (Wildman–Crippen MR) is 82.5 cm³/mol. The van der Waals surface area contributed by atoms with Gasteiger partial charge in [0.2, 0.25) is 0 Å². The maximum Gasteiger partial charge on any atom is 0.387 e. The molecule has 0 unspecified atom stereocenters. The molecule has 124 valence electrons. The average Bonchev–Trinajstić information content (AvgIpc) is 2.99. The van der Waals surface area contributed by atoms with Gasteiger partial charge in [-0.1, -0.05) is 12.1 Å². The largest absolute Gasteiger partial charge is 0.435 e. The Hall–Kier alpha value is -1.92. The van der Waals surface area contributed by atoms with Gasteiger partial charge in [0.1, 0.15) is 5.75 Å². The van der Waals surface area contributed by atoms with Crippen LogP contribution in [0.25, 0.3) is 0 Å². The first kappa shape index (κ1) is 16.0. The molecule has 4 nitrogen and oxygen atoms in total. The van der Waals surface area contributed by atoms with E-state index in [-0.39, 0.29) is 11.8 Å². The van der Waals surface area contributed by atoms with Gasteiger partial charge in [0.15, 0.2) is 0 Å². The lowest BCUT2D eigenvalue weighted by Gasteiger charge is -2.36. The van der Waals surface area contributed by atoms with Crippen LogP contribution in [0, 0.1) is 0 Å². The standard InChI is InChI=1S/C17H20F2N2O2/c1-12-15-3-2-8-20(15)9-10-21(12)11-16(22)13-4-6-14(7-5-13)23-17(18)19/h2-8,12,16-17,22H,9-11H2,1H3/t12-,16-/m1/s1. The van der Waals surface area contributed by atoms with Crippen molar-refractivity contribution in [2.45, 2.75) is 32.2 Å². The van der Waals surface area contributed by atoms with E-state index in [9.17, 15) is 13.9 Å². The third kappa shape index (κ3) is 3.54. The number of aliphatic hydroxyl groups excluding tert-OH is 1. The van der Waals surface area contributed by atoms with E-state index in [1.807, 2.05) is 6.07 Å². The maximum absolute atomic E-state index is 12.1. The molecule has 2 heterocycles. The summed E-state index contributed by atoms with van der Waals surface area (Å²) in [6, 6.07) is 10.5. The highest BCUT2D eigenvalue weighted by Crippen LogP contribution is 2.28. The van der Waals surface area contributed by atoms with Crippen molar-refractivity contribution in [3.63, 3.8) is 0 Å². The number of nitrogens with zero attached hydrogens (tertiary/aromatic N) is 2. The number of halogens is 2. The van der Waals surface area contributed by atoms with Crippen LogP contribution in [0.2, 0.25) is 0 Å². The topological polar surface area (TPSA) is 37.6 Å². The molecule has 3 rings (SSSR count). The van der Waals surface area contributed by atoms with Crippen molar-refractivity contribution in [1.82, 2.24) is 9.47 Å². The van der Waals surface area contributed by atoms with Crippen molar-refractivity contribution in [3.8, 4) is 5.75 Å². The lowest BCUT2D eigenvalue weighted by molar-refractivity contribution is -0.0498. The fourth-order valence-electron chi connectivity index (χ4n) is 3.08. The van der Waals surface area contributed by atoms with E-state index in [1.165, 1.54) is 17.8 Å². The molecule has 23 heavy (non-hydrogen) atoms. The first-order valence-corrected chi connectivity index (χ1v) is 7.66. The van der Waals surface area contributed by atoms with Crippen LogP contribution < -0.4 is 4.74 Å². The number of β-amino-alcohol motifs (C(OH)–C–C–N with tert-alkyl or cyclic N) is 1. The minimum Gasteiger partial charge on any atom is -0.435 e. The van der Waals surface area contributed by atoms with Gasteiger partial charge in [-0.05, 0) is 36.8 Å². The van der Waals surface area contributed by atoms with Crippen LogP contribution in [-0.2, 0) is 6.54 Å². The van der Waals surface area contributed by atoms with E-state index >= 15 is 0 Å². The number of benzene rings is 1. The molecule has 1 aromatic carbocycles. The van der Waals surface area contributed by atoms with Crippen LogP contribution in [0.15, 0.2) is 42.6 Å². The molecule has 2 aromatic rings.